The molecule has 0 radical (unpaired) electrons. The summed E-state index contributed by atoms with van der Waals surface area (Å²) in [5, 5.41) is 9.08. The molecular weight excluding hydrogens is 382 g/mol. The second kappa shape index (κ2) is 5.48. The molecule has 2 N–H and O–H groups in total. The molecule has 6 nitrogen and oxygen atoms in total. The number of sulfonamides is 1. The van der Waals surface area contributed by atoms with E-state index in [-0.39, 0.29) is 18.3 Å². The summed E-state index contributed by atoms with van der Waals surface area (Å²) in [6.07, 6.45) is 0. The fourth-order valence-electron chi connectivity index (χ4n) is 1.83. The van der Waals surface area contributed by atoms with Crippen LogP contribution in [0.5, 0.6) is 11.5 Å². The second-order valence-electron chi connectivity index (χ2n) is 4.18. The molecule has 0 atom stereocenters. The number of thiophene rings is 1. The van der Waals surface area contributed by atoms with Gasteiger partial charge in [0.1, 0.15) is 4.90 Å². The summed E-state index contributed by atoms with van der Waals surface area (Å²) in [6, 6.07) is 6.23. The van der Waals surface area contributed by atoms with E-state index in [2.05, 4.69) is 20.7 Å². The van der Waals surface area contributed by atoms with Gasteiger partial charge in [0.2, 0.25) is 6.79 Å². The first kappa shape index (κ1) is 14.6. The van der Waals surface area contributed by atoms with Gasteiger partial charge in [-0.1, -0.05) is 0 Å². The smallest absolute Gasteiger partial charge is 0.263 e. The van der Waals surface area contributed by atoms with Gasteiger partial charge < -0.3 is 14.6 Å². The number of rotatable bonds is 4. The van der Waals surface area contributed by atoms with Gasteiger partial charge in [0, 0.05) is 10.9 Å². The Kier molecular flexibility index (Phi) is 3.82. The molecule has 1 aliphatic rings. The number of benzene rings is 1. The van der Waals surface area contributed by atoms with Gasteiger partial charge in [-0.2, -0.15) is 0 Å². The van der Waals surface area contributed by atoms with Gasteiger partial charge in [-0.05, 0) is 34.1 Å². The van der Waals surface area contributed by atoms with Crippen LogP contribution in [0.25, 0.3) is 0 Å². The molecule has 0 bridgehead atoms. The van der Waals surface area contributed by atoms with Crippen LogP contribution in [0.1, 0.15) is 4.88 Å². The van der Waals surface area contributed by atoms with Crippen molar-refractivity contribution in [1.29, 1.82) is 0 Å². The van der Waals surface area contributed by atoms with Gasteiger partial charge in [-0.3, -0.25) is 4.72 Å². The van der Waals surface area contributed by atoms with E-state index in [4.69, 9.17) is 14.6 Å². The third-order valence-electron chi connectivity index (χ3n) is 2.78. The van der Waals surface area contributed by atoms with E-state index < -0.39 is 10.0 Å². The molecule has 0 saturated carbocycles. The molecule has 0 saturated heterocycles. The summed E-state index contributed by atoms with van der Waals surface area (Å²) in [5.74, 6) is 1.08. The first-order valence-corrected chi connectivity index (χ1v) is 8.90. The van der Waals surface area contributed by atoms with Crippen molar-refractivity contribution >= 4 is 43.0 Å². The van der Waals surface area contributed by atoms with Crippen molar-refractivity contribution in [2.45, 2.75) is 11.5 Å². The summed E-state index contributed by atoms with van der Waals surface area (Å²) >= 11 is 4.38. The van der Waals surface area contributed by atoms with Crippen molar-refractivity contribution in [1.82, 2.24) is 0 Å². The van der Waals surface area contributed by atoms with Crippen LogP contribution in [0.4, 0.5) is 5.69 Å². The maximum absolute atomic E-state index is 12.4. The van der Waals surface area contributed by atoms with Crippen molar-refractivity contribution < 1.29 is 23.0 Å². The fourth-order valence-corrected chi connectivity index (χ4v) is 5.42. The quantitative estimate of drug-likeness (QED) is 0.836. The van der Waals surface area contributed by atoms with Gasteiger partial charge in [-0.15, -0.1) is 11.3 Å². The number of hydrogen-bond donors (Lipinski definition) is 2. The highest BCUT2D eigenvalue weighted by molar-refractivity contribution is 9.11. The molecule has 2 aromatic rings. The molecule has 9 heteroatoms. The van der Waals surface area contributed by atoms with E-state index in [0.717, 1.165) is 0 Å². The minimum Gasteiger partial charge on any atom is -0.454 e. The van der Waals surface area contributed by atoms with Crippen LogP contribution in [0.2, 0.25) is 0 Å². The van der Waals surface area contributed by atoms with Crippen LogP contribution < -0.4 is 14.2 Å². The van der Waals surface area contributed by atoms with Crippen molar-refractivity contribution in [2.24, 2.45) is 0 Å². The molecule has 1 aromatic carbocycles. The Bertz CT molecular complexity index is 787. The second-order valence-corrected chi connectivity index (χ2v) is 8.29. The van der Waals surface area contributed by atoms with Crippen LogP contribution in [-0.4, -0.2) is 20.3 Å². The van der Waals surface area contributed by atoms with Gasteiger partial charge >= 0.3 is 0 Å². The normalized spacial score (nSPS) is 13.4. The van der Waals surface area contributed by atoms with E-state index >= 15 is 0 Å². The van der Waals surface area contributed by atoms with Crippen LogP contribution in [0.15, 0.2) is 32.9 Å². The van der Waals surface area contributed by atoms with Crippen LogP contribution >= 0.6 is 27.3 Å². The highest BCUT2D eigenvalue weighted by Crippen LogP contribution is 2.36. The number of aliphatic hydroxyl groups excluding tert-OH is 1. The number of hydrogen-bond acceptors (Lipinski definition) is 6. The van der Waals surface area contributed by atoms with Gasteiger partial charge in [0.25, 0.3) is 10.0 Å². The largest absolute Gasteiger partial charge is 0.454 e. The topological polar surface area (TPSA) is 84.9 Å². The summed E-state index contributed by atoms with van der Waals surface area (Å²) < 4.78 is 38.0. The van der Waals surface area contributed by atoms with Crippen LogP contribution in [-0.2, 0) is 16.6 Å². The molecule has 1 aromatic heterocycles. The summed E-state index contributed by atoms with van der Waals surface area (Å²) in [6.45, 7) is -0.0791. The number of aliphatic hydroxyl groups is 1. The molecule has 0 spiro atoms. The Morgan fingerprint density at radius 1 is 1.29 bits per heavy atom. The van der Waals surface area contributed by atoms with Crippen LogP contribution in [0.3, 0.4) is 0 Å². The zero-order valence-corrected chi connectivity index (χ0v) is 13.7. The average molecular weight is 392 g/mol. The van der Waals surface area contributed by atoms with E-state index in [0.29, 0.717) is 25.8 Å². The van der Waals surface area contributed by atoms with E-state index in [1.54, 1.807) is 18.2 Å². The number of fused-ring (bicyclic) bond motifs is 1. The predicted molar refractivity (Wildman–Crippen MR) is 81.3 cm³/mol. The summed E-state index contributed by atoms with van der Waals surface area (Å²) in [7, 11) is -3.74. The summed E-state index contributed by atoms with van der Waals surface area (Å²) in [4.78, 5) is 0.655. The Labute approximate surface area is 133 Å². The maximum atomic E-state index is 12.4. The maximum Gasteiger partial charge on any atom is 0.263 e. The minimum absolute atomic E-state index is 0.0919. The Balaban J connectivity index is 1.90. The minimum atomic E-state index is -3.74. The number of ether oxygens (including phenoxy) is 2. The molecule has 0 unspecified atom stereocenters. The molecular formula is C12H10BrNO5S2. The molecule has 0 fully saturated rings. The standard InChI is InChI=1S/C12H10BrNO5S2/c13-12-11(4-8(5-15)20-12)21(16,17)14-7-1-2-9-10(3-7)19-6-18-9/h1-4,14-15H,5-6H2. The highest BCUT2D eigenvalue weighted by atomic mass is 79.9. The average Bonchev–Trinajstić information content (AvgIpc) is 3.04. The SMILES string of the molecule is O=S(=O)(Nc1ccc2c(c1)OCO2)c1cc(CO)sc1Br. The first-order chi connectivity index (χ1) is 9.99. The predicted octanol–water partition coefficient (Wildman–Crippen LogP) is 2.53. The molecule has 2 heterocycles. The van der Waals surface area contributed by atoms with Crippen molar-refractivity contribution in [3.63, 3.8) is 0 Å². The monoisotopic (exact) mass is 391 g/mol. The van der Waals surface area contributed by atoms with E-state index in [9.17, 15) is 8.42 Å². The third kappa shape index (κ3) is 2.86. The molecule has 112 valence electrons. The van der Waals surface area contributed by atoms with Crippen molar-refractivity contribution in [3.05, 3.63) is 32.9 Å². The van der Waals surface area contributed by atoms with Crippen molar-refractivity contribution in [2.75, 3.05) is 11.5 Å². The molecule has 3 rings (SSSR count). The lowest BCUT2D eigenvalue weighted by atomic mass is 10.3. The van der Waals surface area contributed by atoms with E-state index in [1.165, 1.54) is 17.4 Å². The zero-order chi connectivity index (χ0) is 15.0. The molecule has 1 aliphatic heterocycles. The Hall–Kier alpha value is -1.29. The van der Waals surface area contributed by atoms with E-state index in [1.807, 2.05) is 0 Å². The molecule has 0 aliphatic carbocycles. The van der Waals surface area contributed by atoms with Gasteiger partial charge in [-0.25, -0.2) is 8.42 Å². The number of halogens is 1. The van der Waals surface area contributed by atoms with Gasteiger partial charge in [0.15, 0.2) is 11.5 Å². The number of anilines is 1. The summed E-state index contributed by atoms with van der Waals surface area (Å²) in [5.41, 5.74) is 0.378. The highest BCUT2D eigenvalue weighted by Gasteiger charge is 2.22. The third-order valence-corrected chi connectivity index (χ3v) is 6.39. The lowest BCUT2D eigenvalue weighted by Crippen LogP contribution is -2.12. The first-order valence-electron chi connectivity index (χ1n) is 5.81. The molecule has 0 amide bonds. The van der Waals surface area contributed by atoms with Crippen molar-refractivity contribution in [3.8, 4) is 11.5 Å². The molecule has 21 heavy (non-hydrogen) atoms. The zero-order valence-electron chi connectivity index (χ0n) is 10.5. The number of nitrogens with one attached hydrogen (secondary N) is 1. The lowest BCUT2D eigenvalue weighted by Gasteiger charge is -2.07. The fraction of sp³-hybridized carbons (Fsp3) is 0.167. The van der Waals surface area contributed by atoms with Gasteiger partial charge in [0.05, 0.1) is 16.1 Å². The van der Waals surface area contributed by atoms with Crippen LogP contribution in [0, 0.1) is 0 Å². The Morgan fingerprint density at radius 2 is 2.05 bits per heavy atom. The Morgan fingerprint density at radius 3 is 2.76 bits per heavy atom. The lowest BCUT2D eigenvalue weighted by molar-refractivity contribution is 0.174.